The number of hydrogen-bond acceptors (Lipinski definition) is 2. The van der Waals surface area contributed by atoms with Gasteiger partial charge >= 0.3 is 0 Å². The van der Waals surface area contributed by atoms with Crippen LogP contribution in [0.4, 0.5) is 4.39 Å². The molecule has 1 N–H and O–H groups in total. The van der Waals surface area contributed by atoms with Crippen molar-refractivity contribution in [1.82, 2.24) is 5.32 Å². The van der Waals surface area contributed by atoms with Crippen LogP contribution in [0.5, 0.6) is 0 Å². The highest BCUT2D eigenvalue weighted by atomic mass is 19.1. The molecule has 0 radical (unpaired) electrons. The van der Waals surface area contributed by atoms with Gasteiger partial charge in [-0.2, -0.15) is 0 Å². The van der Waals surface area contributed by atoms with E-state index in [9.17, 15) is 4.39 Å². The van der Waals surface area contributed by atoms with Crippen LogP contribution < -0.4 is 5.32 Å². The molecule has 1 saturated heterocycles. The van der Waals surface area contributed by atoms with Crippen LogP contribution in [0.15, 0.2) is 0 Å². The van der Waals surface area contributed by atoms with Gasteiger partial charge in [0.25, 0.3) is 0 Å². The first-order valence-electron chi connectivity index (χ1n) is 4.25. The Bertz CT molecular complexity index is 102. The van der Waals surface area contributed by atoms with Crippen LogP contribution in [-0.2, 0) is 4.74 Å². The number of halogens is 1. The average Bonchev–Trinajstić information content (AvgIpc) is 2.03. The van der Waals surface area contributed by atoms with Crippen molar-refractivity contribution >= 4 is 0 Å². The molecule has 0 aromatic carbocycles. The van der Waals surface area contributed by atoms with Gasteiger partial charge in [-0.05, 0) is 32.9 Å². The van der Waals surface area contributed by atoms with E-state index >= 15 is 0 Å². The summed E-state index contributed by atoms with van der Waals surface area (Å²) < 4.78 is 17.6. The van der Waals surface area contributed by atoms with Crippen molar-refractivity contribution in [2.24, 2.45) is 0 Å². The molecule has 66 valence electrons. The van der Waals surface area contributed by atoms with E-state index in [-0.39, 0.29) is 12.7 Å². The zero-order chi connectivity index (χ0) is 8.10. The van der Waals surface area contributed by atoms with Crippen LogP contribution in [-0.4, -0.2) is 32.0 Å². The predicted molar refractivity (Wildman–Crippen MR) is 42.4 cm³/mol. The van der Waals surface area contributed by atoms with Crippen molar-refractivity contribution in [3.63, 3.8) is 0 Å². The average molecular weight is 161 g/mol. The van der Waals surface area contributed by atoms with Gasteiger partial charge in [0.2, 0.25) is 0 Å². The van der Waals surface area contributed by atoms with Crippen LogP contribution in [0.1, 0.15) is 19.8 Å². The van der Waals surface area contributed by atoms with Crippen molar-refractivity contribution < 1.29 is 9.13 Å². The van der Waals surface area contributed by atoms with Crippen molar-refractivity contribution in [3.05, 3.63) is 0 Å². The molecule has 1 unspecified atom stereocenters. The van der Waals surface area contributed by atoms with Gasteiger partial charge in [0.15, 0.2) is 0 Å². The molecule has 1 heterocycles. The Morgan fingerprint density at radius 3 is 2.73 bits per heavy atom. The standard InChI is InChI=1S/C8H16FNO/c1-7(9)6-11-8-2-4-10-5-3-8/h7-8,10H,2-6H2,1H3. The molecule has 0 amide bonds. The lowest BCUT2D eigenvalue weighted by Gasteiger charge is -2.23. The molecule has 2 nitrogen and oxygen atoms in total. The number of piperidine rings is 1. The molecular weight excluding hydrogens is 145 g/mol. The molecule has 1 aliphatic heterocycles. The van der Waals surface area contributed by atoms with Crippen LogP contribution in [0.25, 0.3) is 0 Å². The largest absolute Gasteiger partial charge is 0.375 e. The first-order valence-corrected chi connectivity index (χ1v) is 4.25. The second kappa shape index (κ2) is 4.67. The summed E-state index contributed by atoms with van der Waals surface area (Å²) in [5.74, 6) is 0. The molecule has 1 atom stereocenters. The highest BCUT2D eigenvalue weighted by Gasteiger charge is 2.13. The molecule has 0 saturated carbocycles. The summed E-state index contributed by atoms with van der Waals surface area (Å²) in [6, 6.07) is 0. The van der Waals surface area contributed by atoms with Crippen molar-refractivity contribution in [3.8, 4) is 0 Å². The van der Waals surface area contributed by atoms with E-state index in [1.54, 1.807) is 0 Å². The third-order valence-corrected chi connectivity index (χ3v) is 1.85. The van der Waals surface area contributed by atoms with E-state index in [1.165, 1.54) is 6.92 Å². The van der Waals surface area contributed by atoms with Crippen LogP contribution >= 0.6 is 0 Å². The molecule has 0 aromatic rings. The van der Waals surface area contributed by atoms with Crippen LogP contribution in [0.3, 0.4) is 0 Å². The van der Waals surface area contributed by atoms with E-state index in [2.05, 4.69) is 5.32 Å². The summed E-state index contributed by atoms with van der Waals surface area (Å²) >= 11 is 0. The smallest absolute Gasteiger partial charge is 0.121 e. The molecule has 11 heavy (non-hydrogen) atoms. The Hall–Kier alpha value is -0.150. The third-order valence-electron chi connectivity index (χ3n) is 1.85. The minimum Gasteiger partial charge on any atom is -0.375 e. The Kier molecular flexibility index (Phi) is 3.80. The summed E-state index contributed by atoms with van der Waals surface area (Å²) in [6.45, 7) is 3.79. The molecule has 3 heteroatoms. The molecule has 0 aromatic heterocycles. The van der Waals surface area contributed by atoms with Gasteiger partial charge in [0.05, 0.1) is 12.7 Å². The van der Waals surface area contributed by atoms with Gasteiger partial charge in [0.1, 0.15) is 6.17 Å². The molecule has 1 fully saturated rings. The zero-order valence-electron chi connectivity index (χ0n) is 6.98. The maximum atomic E-state index is 12.3. The molecule has 0 spiro atoms. The van der Waals surface area contributed by atoms with Gasteiger partial charge < -0.3 is 10.1 Å². The monoisotopic (exact) mass is 161 g/mol. The molecule has 1 rings (SSSR count). The summed E-state index contributed by atoms with van der Waals surface area (Å²) in [7, 11) is 0. The lowest BCUT2D eigenvalue weighted by molar-refractivity contribution is 0.00707. The molecule has 1 aliphatic rings. The van der Waals surface area contributed by atoms with Gasteiger partial charge in [-0.15, -0.1) is 0 Å². The Morgan fingerprint density at radius 1 is 1.55 bits per heavy atom. The third kappa shape index (κ3) is 3.68. The summed E-state index contributed by atoms with van der Waals surface area (Å²) in [4.78, 5) is 0. The summed E-state index contributed by atoms with van der Waals surface area (Å²) in [5.41, 5.74) is 0. The Labute approximate surface area is 67.1 Å². The van der Waals surface area contributed by atoms with Crippen molar-refractivity contribution in [2.45, 2.75) is 32.0 Å². The van der Waals surface area contributed by atoms with Crippen LogP contribution in [0, 0.1) is 0 Å². The van der Waals surface area contributed by atoms with E-state index in [0.717, 1.165) is 25.9 Å². The maximum Gasteiger partial charge on any atom is 0.121 e. The number of ether oxygens (including phenoxy) is 1. The highest BCUT2D eigenvalue weighted by Crippen LogP contribution is 2.07. The fourth-order valence-electron chi connectivity index (χ4n) is 1.23. The minimum absolute atomic E-state index is 0.255. The van der Waals surface area contributed by atoms with Crippen molar-refractivity contribution in [2.75, 3.05) is 19.7 Å². The molecule has 0 bridgehead atoms. The highest BCUT2D eigenvalue weighted by molar-refractivity contribution is 4.68. The first kappa shape index (κ1) is 8.94. The maximum absolute atomic E-state index is 12.3. The lowest BCUT2D eigenvalue weighted by atomic mass is 10.1. The SMILES string of the molecule is CC(F)COC1CCNCC1. The van der Waals surface area contributed by atoms with Gasteiger partial charge in [-0.25, -0.2) is 4.39 Å². The number of rotatable bonds is 3. The Balaban J connectivity index is 2.05. The Morgan fingerprint density at radius 2 is 2.18 bits per heavy atom. The predicted octanol–water partition coefficient (Wildman–Crippen LogP) is 1.11. The van der Waals surface area contributed by atoms with E-state index in [4.69, 9.17) is 4.74 Å². The normalized spacial score (nSPS) is 23.5. The molecule has 0 aliphatic carbocycles. The quantitative estimate of drug-likeness (QED) is 0.669. The van der Waals surface area contributed by atoms with Crippen LogP contribution in [0.2, 0.25) is 0 Å². The van der Waals surface area contributed by atoms with E-state index < -0.39 is 6.17 Å². The first-order chi connectivity index (χ1) is 5.29. The summed E-state index contributed by atoms with van der Waals surface area (Å²) in [6.07, 6.45) is 1.50. The van der Waals surface area contributed by atoms with Gasteiger partial charge in [-0.3, -0.25) is 0 Å². The van der Waals surface area contributed by atoms with E-state index in [1.807, 2.05) is 0 Å². The fourth-order valence-corrected chi connectivity index (χ4v) is 1.23. The number of hydrogen-bond donors (Lipinski definition) is 1. The second-order valence-electron chi connectivity index (χ2n) is 3.06. The topological polar surface area (TPSA) is 21.3 Å². The lowest BCUT2D eigenvalue weighted by Crippen LogP contribution is -2.33. The second-order valence-corrected chi connectivity index (χ2v) is 3.06. The number of nitrogens with one attached hydrogen (secondary N) is 1. The van der Waals surface area contributed by atoms with E-state index in [0.29, 0.717) is 0 Å². The number of alkyl halides is 1. The fraction of sp³-hybridized carbons (Fsp3) is 1.00. The minimum atomic E-state index is -0.829. The van der Waals surface area contributed by atoms with Gasteiger partial charge in [0, 0.05) is 0 Å². The zero-order valence-corrected chi connectivity index (χ0v) is 6.98. The van der Waals surface area contributed by atoms with Crippen molar-refractivity contribution in [1.29, 1.82) is 0 Å². The van der Waals surface area contributed by atoms with Gasteiger partial charge in [-0.1, -0.05) is 0 Å². The molecular formula is C8H16FNO. The summed E-state index contributed by atoms with van der Waals surface area (Å²) in [5, 5.41) is 3.23.